The van der Waals surface area contributed by atoms with E-state index in [0.29, 0.717) is 6.42 Å². The molecule has 19 heavy (non-hydrogen) atoms. The Labute approximate surface area is 117 Å². The number of rotatable bonds is 5. The quantitative estimate of drug-likeness (QED) is 0.859. The first-order valence-corrected chi connectivity index (χ1v) is 6.83. The predicted octanol–water partition coefficient (Wildman–Crippen LogP) is 3.12. The van der Waals surface area contributed by atoms with Gasteiger partial charge in [-0.3, -0.25) is 0 Å². The van der Waals surface area contributed by atoms with Crippen molar-refractivity contribution in [2.24, 2.45) is 0 Å². The molecule has 0 aliphatic heterocycles. The first-order valence-electron chi connectivity index (χ1n) is 6.83. The monoisotopic (exact) mass is 265 g/mol. The van der Waals surface area contributed by atoms with Crippen LogP contribution in [0.1, 0.15) is 50.0 Å². The molecule has 0 saturated carbocycles. The molecule has 1 aromatic carbocycles. The van der Waals surface area contributed by atoms with E-state index in [4.69, 9.17) is 4.74 Å². The van der Waals surface area contributed by atoms with Gasteiger partial charge in [0.1, 0.15) is 5.75 Å². The Hall–Kier alpha value is -1.06. The van der Waals surface area contributed by atoms with Crippen LogP contribution in [0.15, 0.2) is 12.1 Å². The minimum Gasteiger partial charge on any atom is -0.496 e. The van der Waals surface area contributed by atoms with E-state index in [-0.39, 0.29) is 5.54 Å². The molecular formula is C16H27NO2. The van der Waals surface area contributed by atoms with Gasteiger partial charge in [0.05, 0.1) is 13.2 Å². The van der Waals surface area contributed by atoms with Gasteiger partial charge in [-0.25, -0.2) is 0 Å². The summed E-state index contributed by atoms with van der Waals surface area (Å²) in [6.07, 6.45) is 0.281. The number of nitrogens with one attached hydrogen (secondary N) is 1. The summed E-state index contributed by atoms with van der Waals surface area (Å²) in [5.41, 5.74) is 3.22. The van der Waals surface area contributed by atoms with Crippen molar-refractivity contribution in [3.8, 4) is 5.75 Å². The number of methoxy groups -OCH3 is 1. The van der Waals surface area contributed by atoms with E-state index in [0.717, 1.165) is 29.0 Å². The number of hydrogen-bond donors (Lipinski definition) is 2. The molecule has 1 unspecified atom stereocenters. The maximum Gasteiger partial charge on any atom is 0.122 e. The van der Waals surface area contributed by atoms with Crippen LogP contribution in [0.5, 0.6) is 5.75 Å². The number of ether oxygens (including phenoxy) is 1. The van der Waals surface area contributed by atoms with Gasteiger partial charge in [0, 0.05) is 5.54 Å². The lowest BCUT2D eigenvalue weighted by atomic mass is 9.98. The first-order chi connectivity index (χ1) is 8.74. The van der Waals surface area contributed by atoms with Crippen molar-refractivity contribution in [1.29, 1.82) is 0 Å². The van der Waals surface area contributed by atoms with Crippen molar-refractivity contribution < 1.29 is 9.84 Å². The fourth-order valence-corrected chi connectivity index (χ4v) is 2.13. The van der Waals surface area contributed by atoms with Gasteiger partial charge in [-0.2, -0.15) is 0 Å². The highest BCUT2D eigenvalue weighted by Gasteiger charge is 2.14. The Kier molecular flexibility index (Phi) is 5.39. The SMILES string of the molecule is COc1cc(C)c(C(O)CCNC(C)(C)C)cc1C. The summed E-state index contributed by atoms with van der Waals surface area (Å²) in [6.45, 7) is 11.2. The van der Waals surface area contributed by atoms with Gasteiger partial charge in [0.15, 0.2) is 0 Å². The van der Waals surface area contributed by atoms with Crippen molar-refractivity contribution in [3.63, 3.8) is 0 Å². The third-order valence-electron chi connectivity index (χ3n) is 3.22. The van der Waals surface area contributed by atoms with Crippen molar-refractivity contribution in [1.82, 2.24) is 5.32 Å². The molecule has 3 nitrogen and oxygen atoms in total. The lowest BCUT2D eigenvalue weighted by Crippen LogP contribution is -2.36. The first kappa shape index (κ1) is 16.0. The van der Waals surface area contributed by atoms with E-state index in [1.807, 2.05) is 26.0 Å². The number of benzene rings is 1. The van der Waals surface area contributed by atoms with Crippen LogP contribution in [0.25, 0.3) is 0 Å². The molecule has 0 spiro atoms. The van der Waals surface area contributed by atoms with Gasteiger partial charge in [-0.05, 0) is 76.4 Å². The summed E-state index contributed by atoms with van der Waals surface area (Å²) in [7, 11) is 1.67. The van der Waals surface area contributed by atoms with Crippen molar-refractivity contribution >= 4 is 0 Å². The molecule has 0 saturated heterocycles. The summed E-state index contributed by atoms with van der Waals surface area (Å²) >= 11 is 0. The Bertz CT molecular complexity index is 421. The summed E-state index contributed by atoms with van der Waals surface area (Å²) in [4.78, 5) is 0. The van der Waals surface area contributed by atoms with Crippen LogP contribution in [0, 0.1) is 13.8 Å². The summed E-state index contributed by atoms with van der Waals surface area (Å²) < 4.78 is 5.29. The second-order valence-corrected chi connectivity index (χ2v) is 6.16. The molecule has 0 bridgehead atoms. The maximum absolute atomic E-state index is 10.3. The van der Waals surface area contributed by atoms with E-state index < -0.39 is 6.10 Å². The third kappa shape index (κ3) is 4.84. The van der Waals surface area contributed by atoms with E-state index in [1.165, 1.54) is 0 Å². The van der Waals surface area contributed by atoms with E-state index in [2.05, 4.69) is 26.1 Å². The topological polar surface area (TPSA) is 41.5 Å². The molecule has 1 rings (SSSR count). The molecule has 2 N–H and O–H groups in total. The summed E-state index contributed by atoms with van der Waals surface area (Å²) in [5, 5.41) is 13.7. The highest BCUT2D eigenvalue weighted by atomic mass is 16.5. The fourth-order valence-electron chi connectivity index (χ4n) is 2.13. The zero-order valence-electron chi connectivity index (χ0n) is 13.0. The second-order valence-electron chi connectivity index (χ2n) is 6.16. The number of hydrogen-bond acceptors (Lipinski definition) is 3. The van der Waals surface area contributed by atoms with Crippen LogP contribution in [-0.4, -0.2) is 24.3 Å². The fraction of sp³-hybridized carbons (Fsp3) is 0.625. The molecule has 3 heteroatoms. The van der Waals surface area contributed by atoms with Crippen LogP contribution < -0.4 is 10.1 Å². The zero-order valence-corrected chi connectivity index (χ0v) is 13.0. The molecule has 0 fully saturated rings. The zero-order chi connectivity index (χ0) is 14.6. The minimum atomic E-state index is -0.431. The lowest BCUT2D eigenvalue weighted by Gasteiger charge is -2.22. The molecule has 0 amide bonds. The van der Waals surface area contributed by atoms with Crippen LogP contribution in [-0.2, 0) is 0 Å². The second kappa shape index (κ2) is 6.40. The Balaban J connectivity index is 2.72. The normalized spacial score (nSPS) is 13.4. The van der Waals surface area contributed by atoms with Gasteiger partial charge in [0.25, 0.3) is 0 Å². The van der Waals surface area contributed by atoms with Crippen LogP contribution in [0.4, 0.5) is 0 Å². The maximum atomic E-state index is 10.3. The van der Waals surface area contributed by atoms with E-state index in [1.54, 1.807) is 7.11 Å². The number of aliphatic hydroxyl groups excluding tert-OH is 1. The predicted molar refractivity (Wildman–Crippen MR) is 79.8 cm³/mol. The van der Waals surface area contributed by atoms with Crippen molar-refractivity contribution in [2.75, 3.05) is 13.7 Å². The largest absolute Gasteiger partial charge is 0.496 e. The summed E-state index contributed by atoms with van der Waals surface area (Å²) in [5.74, 6) is 0.876. The van der Waals surface area contributed by atoms with Crippen LogP contribution >= 0.6 is 0 Å². The molecule has 0 aliphatic carbocycles. The van der Waals surface area contributed by atoms with Gasteiger partial charge in [-0.15, -0.1) is 0 Å². The summed E-state index contributed by atoms with van der Waals surface area (Å²) in [6, 6.07) is 4.01. The standard InChI is InChI=1S/C16H27NO2/c1-11-10-15(19-6)12(2)9-13(11)14(18)7-8-17-16(3,4)5/h9-10,14,17-18H,7-8H2,1-6H3. The average Bonchev–Trinajstić information content (AvgIpc) is 2.29. The molecule has 1 aromatic rings. The smallest absolute Gasteiger partial charge is 0.122 e. The Morgan fingerprint density at radius 1 is 1.21 bits per heavy atom. The van der Waals surface area contributed by atoms with Crippen LogP contribution in [0.2, 0.25) is 0 Å². The molecule has 108 valence electrons. The van der Waals surface area contributed by atoms with E-state index >= 15 is 0 Å². The van der Waals surface area contributed by atoms with Crippen molar-refractivity contribution in [2.45, 2.75) is 52.7 Å². The van der Waals surface area contributed by atoms with Gasteiger partial charge >= 0.3 is 0 Å². The van der Waals surface area contributed by atoms with Crippen LogP contribution in [0.3, 0.4) is 0 Å². The Morgan fingerprint density at radius 2 is 1.84 bits per heavy atom. The average molecular weight is 265 g/mol. The molecule has 1 atom stereocenters. The molecule has 0 radical (unpaired) electrons. The lowest BCUT2D eigenvalue weighted by molar-refractivity contribution is 0.162. The van der Waals surface area contributed by atoms with Gasteiger partial charge in [0.2, 0.25) is 0 Å². The van der Waals surface area contributed by atoms with Crippen molar-refractivity contribution in [3.05, 3.63) is 28.8 Å². The molecule has 0 heterocycles. The highest BCUT2D eigenvalue weighted by molar-refractivity contribution is 5.42. The van der Waals surface area contributed by atoms with Gasteiger partial charge < -0.3 is 15.2 Å². The van der Waals surface area contributed by atoms with Gasteiger partial charge in [-0.1, -0.05) is 0 Å². The Morgan fingerprint density at radius 3 is 2.37 bits per heavy atom. The minimum absolute atomic E-state index is 0.0879. The highest BCUT2D eigenvalue weighted by Crippen LogP contribution is 2.27. The molecule has 0 aliphatic rings. The number of aryl methyl sites for hydroxylation is 2. The molecule has 0 aromatic heterocycles. The number of aliphatic hydroxyl groups is 1. The third-order valence-corrected chi connectivity index (χ3v) is 3.22. The molecular weight excluding hydrogens is 238 g/mol. The van der Waals surface area contributed by atoms with E-state index in [9.17, 15) is 5.11 Å².